The Morgan fingerprint density at radius 3 is 2.03 bits per heavy atom. The summed E-state index contributed by atoms with van der Waals surface area (Å²) in [7, 11) is -0.741. The number of alkyl halides is 2. The molecule has 170 valence electrons. The zero-order chi connectivity index (χ0) is 21.5. The predicted molar refractivity (Wildman–Crippen MR) is 116 cm³/mol. The monoisotopic (exact) mass is 444 g/mol. The van der Waals surface area contributed by atoms with Crippen LogP contribution in [-0.4, -0.2) is 21.8 Å². The van der Waals surface area contributed by atoms with E-state index < -0.39 is 39.2 Å². The summed E-state index contributed by atoms with van der Waals surface area (Å²) in [5.41, 5.74) is 0.649. The van der Waals surface area contributed by atoms with E-state index in [2.05, 4.69) is 11.7 Å². The second-order valence-electron chi connectivity index (χ2n) is 9.49. The molecule has 1 nitrogen and oxygen atoms in total. The molecule has 30 heavy (non-hydrogen) atoms. The second-order valence-corrected chi connectivity index (χ2v) is 13.0. The van der Waals surface area contributed by atoms with Gasteiger partial charge in [0.25, 0.3) is 6.43 Å². The minimum absolute atomic E-state index is 0.173. The Morgan fingerprint density at radius 1 is 0.933 bits per heavy atom. The lowest BCUT2D eigenvalue weighted by Gasteiger charge is -2.31. The fourth-order valence-corrected chi connectivity index (χ4v) is 9.13. The van der Waals surface area contributed by atoms with E-state index in [0.717, 1.165) is 24.7 Å². The fraction of sp³-hybridized carbons (Fsp3) is 0.750. The zero-order valence-corrected chi connectivity index (χ0v) is 19.3. The van der Waals surface area contributed by atoms with Crippen molar-refractivity contribution in [1.82, 2.24) is 0 Å². The fourth-order valence-electron chi connectivity index (χ4n) is 5.57. The molecule has 0 spiro atoms. The smallest absolute Gasteiger partial charge is 0.272 e. The van der Waals surface area contributed by atoms with Gasteiger partial charge in [-0.1, -0.05) is 70.0 Å². The number of hydrogen-bond acceptors (Lipinski definition) is 1. The normalized spacial score (nSPS) is 27.4. The average molecular weight is 445 g/mol. The highest BCUT2D eigenvalue weighted by molar-refractivity contribution is 6.59. The molecule has 0 N–H and O–H groups in total. The van der Waals surface area contributed by atoms with Crippen LogP contribution in [0.2, 0.25) is 18.1 Å². The number of hydrogen-bond donors (Lipinski definition) is 0. The van der Waals surface area contributed by atoms with E-state index in [9.17, 15) is 17.6 Å². The van der Waals surface area contributed by atoms with Crippen LogP contribution in [0, 0.1) is 23.5 Å². The maximum absolute atomic E-state index is 14.2. The lowest BCUT2D eigenvalue weighted by atomic mass is 9.79. The van der Waals surface area contributed by atoms with Crippen LogP contribution in [0.15, 0.2) is 12.1 Å². The molecule has 0 bridgehead atoms. The minimum atomic E-state index is -2.75. The standard InChI is InChI=1S/C24H36F4OSi/c1-2-3-17-4-6-18(7-5-17)8-11-30-12-9-19(10-13-30)20-14-21(25)24(22(26)15-20)29-16-23(27)28/h14-15,17-19,23,30H,2-13,16H2,1H3/t17-,18-,19-,30-. The van der Waals surface area contributed by atoms with Crippen LogP contribution in [0.1, 0.15) is 76.2 Å². The topological polar surface area (TPSA) is 9.23 Å². The molecular formula is C24H36F4OSi. The van der Waals surface area contributed by atoms with Gasteiger partial charge < -0.3 is 4.74 Å². The molecule has 1 aliphatic heterocycles. The minimum Gasteiger partial charge on any atom is -0.482 e. The van der Waals surface area contributed by atoms with Crippen LogP contribution in [0.5, 0.6) is 5.75 Å². The second kappa shape index (κ2) is 11.5. The third-order valence-corrected chi connectivity index (χ3v) is 10.8. The third kappa shape index (κ3) is 6.73. The van der Waals surface area contributed by atoms with Gasteiger partial charge in [0.05, 0.1) is 0 Å². The van der Waals surface area contributed by atoms with Crippen molar-refractivity contribution >= 4 is 8.80 Å². The quantitative estimate of drug-likeness (QED) is 0.280. The molecule has 0 aromatic heterocycles. The molecule has 0 atom stereocenters. The highest BCUT2D eigenvalue weighted by Gasteiger charge is 2.27. The van der Waals surface area contributed by atoms with Crippen LogP contribution in [-0.2, 0) is 0 Å². The van der Waals surface area contributed by atoms with E-state index in [4.69, 9.17) is 0 Å². The molecule has 2 aliphatic rings. The Hall–Kier alpha value is -1.04. The van der Waals surface area contributed by atoms with E-state index in [1.54, 1.807) is 0 Å². The zero-order valence-electron chi connectivity index (χ0n) is 18.2. The van der Waals surface area contributed by atoms with Gasteiger partial charge in [-0.05, 0) is 48.3 Å². The van der Waals surface area contributed by atoms with Crippen LogP contribution in [0.3, 0.4) is 0 Å². The van der Waals surface area contributed by atoms with Gasteiger partial charge in [0.1, 0.15) is 6.61 Å². The van der Waals surface area contributed by atoms with Crippen molar-refractivity contribution in [1.29, 1.82) is 0 Å². The number of ether oxygens (including phenoxy) is 1. The van der Waals surface area contributed by atoms with Crippen molar-refractivity contribution in [3.8, 4) is 5.75 Å². The summed E-state index contributed by atoms with van der Waals surface area (Å²) in [6, 6.07) is 6.46. The maximum Gasteiger partial charge on any atom is 0.272 e. The summed E-state index contributed by atoms with van der Waals surface area (Å²) in [5.74, 6) is -0.367. The van der Waals surface area contributed by atoms with Gasteiger partial charge in [0.2, 0.25) is 0 Å². The lowest BCUT2D eigenvalue weighted by molar-refractivity contribution is 0.0777. The van der Waals surface area contributed by atoms with Gasteiger partial charge in [-0.2, -0.15) is 0 Å². The van der Waals surface area contributed by atoms with Crippen LogP contribution in [0.4, 0.5) is 17.6 Å². The average Bonchev–Trinajstić information content (AvgIpc) is 2.73. The lowest BCUT2D eigenvalue weighted by Crippen LogP contribution is -2.22. The Balaban J connectivity index is 1.43. The summed E-state index contributed by atoms with van der Waals surface area (Å²) in [6.07, 6.45) is 8.99. The molecule has 6 heteroatoms. The summed E-state index contributed by atoms with van der Waals surface area (Å²) in [4.78, 5) is 0. The molecule has 0 radical (unpaired) electrons. The van der Waals surface area contributed by atoms with Crippen molar-refractivity contribution in [2.45, 2.75) is 95.2 Å². The van der Waals surface area contributed by atoms with E-state index in [-0.39, 0.29) is 5.92 Å². The van der Waals surface area contributed by atoms with Gasteiger partial charge in [-0.3, -0.25) is 0 Å². The maximum atomic E-state index is 14.2. The molecular weight excluding hydrogens is 408 g/mol. The predicted octanol–water partition coefficient (Wildman–Crippen LogP) is 7.71. The summed E-state index contributed by atoms with van der Waals surface area (Å²) in [6.45, 7) is 1.29. The van der Waals surface area contributed by atoms with Gasteiger partial charge in [-0.15, -0.1) is 0 Å². The Labute approximate surface area is 180 Å². The molecule has 1 aromatic carbocycles. The SMILES string of the molecule is CCC[C@H]1CC[C@H](CC[Si@H]2CC[C@H](c3cc(F)c(OCC(F)F)c(F)c3)CC2)CC1. The van der Waals surface area contributed by atoms with Gasteiger partial charge in [0.15, 0.2) is 17.4 Å². The van der Waals surface area contributed by atoms with Crippen molar-refractivity contribution in [3.05, 3.63) is 29.3 Å². The van der Waals surface area contributed by atoms with E-state index in [1.807, 2.05) is 0 Å². The van der Waals surface area contributed by atoms with Gasteiger partial charge in [0, 0.05) is 8.80 Å². The highest BCUT2D eigenvalue weighted by atomic mass is 28.3. The molecule has 1 saturated heterocycles. The number of benzene rings is 1. The van der Waals surface area contributed by atoms with E-state index >= 15 is 0 Å². The van der Waals surface area contributed by atoms with Gasteiger partial charge >= 0.3 is 0 Å². The largest absolute Gasteiger partial charge is 0.482 e. The van der Waals surface area contributed by atoms with Crippen molar-refractivity contribution < 1.29 is 22.3 Å². The van der Waals surface area contributed by atoms with Gasteiger partial charge in [-0.25, -0.2) is 17.6 Å². The van der Waals surface area contributed by atoms with Crippen molar-refractivity contribution in [3.63, 3.8) is 0 Å². The Morgan fingerprint density at radius 2 is 1.50 bits per heavy atom. The molecule has 3 rings (SSSR count). The Bertz CT molecular complexity index is 630. The van der Waals surface area contributed by atoms with E-state index in [1.165, 1.54) is 75.2 Å². The summed E-state index contributed by atoms with van der Waals surface area (Å²) >= 11 is 0. The molecule has 0 unspecified atom stereocenters. The number of halogens is 4. The Kier molecular flexibility index (Phi) is 9.08. The first kappa shape index (κ1) is 23.6. The van der Waals surface area contributed by atoms with Crippen molar-refractivity contribution in [2.75, 3.05) is 6.61 Å². The van der Waals surface area contributed by atoms with E-state index in [0.29, 0.717) is 5.56 Å². The molecule has 1 aliphatic carbocycles. The molecule has 1 aromatic rings. The first-order valence-electron chi connectivity index (χ1n) is 11.9. The molecule has 1 heterocycles. The number of rotatable bonds is 9. The molecule has 1 saturated carbocycles. The summed E-state index contributed by atoms with van der Waals surface area (Å²) < 4.78 is 57.5. The van der Waals surface area contributed by atoms with Crippen LogP contribution >= 0.6 is 0 Å². The molecule has 2 fully saturated rings. The highest BCUT2D eigenvalue weighted by Crippen LogP contribution is 2.39. The van der Waals surface area contributed by atoms with Crippen molar-refractivity contribution in [2.24, 2.45) is 11.8 Å². The first-order chi connectivity index (χ1) is 14.5. The van der Waals surface area contributed by atoms with Crippen LogP contribution < -0.4 is 4.74 Å². The first-order valence-corrected chi connectivity index (χ1v) is 14.3. The molecule has 0 amide bonds. The van der Waals surface area contributed by atoms with Crippen LogP contribution in [0.25, 0.3) is 0 Å². The summed E-state index contributed by atoms with van der Waals surface area (Å²) in [5, 5.41) is 0. The third-order valence-electron chi connectivity index (χ3n) is 7.34.